The third kappa shape index (κ3) is 5.54. The number of nitrogens with one attached hydrogen (secondary N) is 3. The summed E-state index contributed by atoms with van der Waals surface area (Å²) in [7, 11) is 0. The first-order valence-electron chi connectivity index (χ1n) is 9.72. The minimum atomic E-state index is 0.307. The molecule has 0 aliphatic rings. The van der Waals surface area contributed by atoms with E-state index in [0.29, 0.717) is 23.5 Å². The molecule has 0 saturated heterocycles. The van der Waals surface area contributed by atoms with Crippen molar-refractivity contribution in [2.75, 3.05) is 21.8 Å². The van der Waals surface area contributed by atoms with Gasteiger partial charge in [-0.2, -0.15) is 20.1 Å². The number of nitrogen functional groups attached to an aromatic ring is 1. The van der Waals surface area contributed by atoms with Gasteiger partial charge in [-0.15, -0.1) is 0 Å². The maximum atomic E-state index is 5.76. The van der Waals surface area contributed by atoms with Crippen LogP contribution < -0.4 is 21.8 Å². The van der Waals surface area contributed by atoms with Crippen LogP contribution in [0.1, 0.15) is 12.5 Å². The summed E-state index contributed by atoms with van der Waals surface area (Å²) in [6.45, 7) is 1.89. The first kappa shape index (κ1) is 19.8. The monoisotopic (exact) mass is 410 g/mol. The summed E-state index contributed by atoms with van der Waals surface area (Å²) < 4.78 is 0. The van der Waals surface area contributed by atoms with Crippen LogP contribution in [0.3, 0.4) is 0 Å². The van der Waals surface area contributed by atoms with Crippen LogP contribution in [0.4, 0.5) is 34.9 Å². The average Bonchev–Trinajstić information content (AvgIpc) is 2.79. The van der Waals surface area contributed by atoms with Crippen LogP contribution in [0.2, 0.25) is 0 Å². The number of nitrogens with zero attached hydrogens (tertiary/aromatic N) is 4. The molecule has 154 valence electrons. The topological polar surface area (TPSA) is 113 Å². The molecule has 0 aliphatic heterocycles. The quantitative estimate of drug-likeness (QED) is 0.197. The highest BCUT2D eigenvalue weighted by Gasteiger charge is 2.08. The van der Waals surface area contributed by atoms with Gasteiger partial charge in [-0.3, -0.25) is 0 Å². The van der Waals surface area contributed by atoms with Gasteiger partial charge in [0.1, 0.15) is 0 Å². The molecule has 0 fully saturated rings. The van der Waals surface area contributed by atoms with Crippen molar-refractivity contribution < 1.29 is 0 Å². The first-order chi connectivity index (χ1) is 15.2. The van der Waals surface area contributed by atoms with E-state index in [1.807, 2.05) is 91.9 Å². The van der Waals surface area contributed by atoms with Crippen molar-refractivity contribution in [3.05, 3.63) is 90.5 Å². The number of hydrazone groups is 1. The third-order valence-electron chi connectivity index (χ3n) is 4.35. The highest BCUT2D eigenvalue weighted by Crippen LogP contribution is 2.18. The normalized spacial score (nSPS) is 11.1. The Kier molecular flexibility index (Phi) is 5.99. The Morgan fingerprint density at radius 3 is 1.68 bits per heavy atom. The number of rotatable bonds is 7. The lowest BCUT2D eigenvalue weighted by atomic mass is 10.1. The van der Waals surface area contributed by atoms with Crippen molar-refractivity contribution in [3.63, 3.8) is 0 Å². The molecule has 0 radical (unpaired) electrons. The summed E-state index contributed by atoms with van der Waals surface area (Å²) >= 11 is 0. The van der Waals surface area contributed by atoms with E-state index in [0.717, 1.165) is 22.6 Å². The Hall–Kier alpha value is -4.46. The molecule has 4 aromatic rings. The van der Waals surface area contributed by atoms with Gasteiger partial charge < -0.3 is 16.4 Å². The summed E-state index contributed by atoms with van der Waals surface area (Å²) in [6.07, 6.45) is 0. The van der Waals surface area contributed by atoms with Crippen LogP contribution in [0.25, 0.3) is 0 Å². The smallest absolute Gasteiger partial charge is 0.250 e. The largest absolute Gasteiger partial charge is 0.399 e. The van der Waals surface area contributed by atoms with Gasteiger partial charge in [0.15, 0.2) is 0 Å². The molecule has 8 nitrogen and oxygen atoms in total. The fourth-order valence-corrected chi connectivity index (χ4v) is 2.76. The number of aromatic nitrogens is 3. The Bertz CT molecular complexity index is 1100. The van der Waals surface area contributed by atoms with E-state index >= 15 is 0 Å². The lowest BCUT2D eigenvalue weighted by molar-refractivity contribution is 1.04. The fraction of sp³-hybridized carbons (Fsp3) is 0.0435. The van der Waals surface area contributed by atoms with Gasteiger partial charge in [0, 0.05) is 17.1 Å². The van der Waals surface area contributed by atoms with E-state index in [2.05, 4.69) is 36.1 Å². The molecule has 8 heteroatoms. The Morgan fingerprint density at radius 1 is 0.677 bits per heavy atom. The SMILES string of the molecule is C/C(=N/Nc1nc(Nc2ccccc2)nc(Nc2ccccc2)n1)c1ccc(N)cc1. The van der Waals surface area contributed by atoms with E-state index in [4.69, 9.17) is 5.73 Å². The van der Waals surface area contributed by atoms with Crippen LogP contribution in [0.5, 0.6) is 0 Å². The lowest BCUT2D eigenvalue weighted by Crippen LogP contribution is -2.08. The molecule has 0 atom stereocenters. The van der Waals surface area contributed by atoms with Crippen molar-refractivity contribution in [3.8, 4) is 0 Å². The molecule has 3 aromatic carbocycles. The molecule has 4 rings (SSSR count). The summed E-state index contributed by atoms with van der Waals surface area (Å²) in [5.74, 6) is 1.09. The van der Waals surface area contributed by atoms with E-state index in [-0.39, 0.29) is 0 Å². The highest BCUT2D eigenvalue weighted by molar-refractivity contribution is 5.99. The molecule has 31 heavy (non-hydrogen) atoms. The van der Waals surface area contributed by atoms with Gasteiger partial charge in [0.25, 0.3) is 0 Å². The predicted octanol–water partition coefficient (Wildman–Crippen LogP) is 4.78. The minimum Gasteiger partial charge on any atom is -0.399 e. The number of hydrogen-bond acceptors (Lipinski definition) is 8. The van der Waals surface area contributed by atoms with Crippen LogP contribution in [-0.4, -0.2) is 20.7 Å². The van der Waals surface area contributed by atoms with Gasteiger partial charge >= 0.3 is 0 Å². The van der Waals surface area contributed by atoms with Crippen molar-refractivity contribution in [2.24, 2.45) is 5.10 Å². The zero-order valence-corrected chi connectivity index (χ0v) is 16.9. The molecule has 0 aliphatic carbocycles. The molecule has 1 heterocycles. The standard InChI is InChI=1S/C23H22N8/c1-16(17-12-14-18(24)15-13-17)30-31-23-28-21(25-19-8-4-2-5-9-19)27-22(29-23)26-20-10-6-3-7-11-20/h2-15H,24H2,1H3,(H3,25,26,27,28,29,31)/b30-16-. The van der Waals surface area contributed by atoms with Crippen LogP contribution in [0.15, 0.2) is 90.0 Å². The van der Waals surface area contributed by atoms with E-state index in [1.54, 1.807) is 0 Å². The fourth-order valence-electron chi connectivity index (χ4n) is 2.76. The minimum absolute atomic E-state index is 0.307. The Labute approximate surface area is 180 Å². The lowest BCUT2D eigenvalue weighted by Gasteiger charge is -2.10. The summed E-state index contributed by atoms with van der Waals surface area (Å²) in [5.41, 5.74) is 12.8. The van der Waals surface area contributed by atoms with Crippen LogP contribution in [0, 0.1) is 0 Å². The molecule has 5 N–H and O–H groups in total. The van der Waals surface area contributed by atoms with Crippen molar-refractivity contribution in [2.45, 2.75) is 6.92 Å². The second-order valence-electron chi connectivity index (χ2n) is 6.72. The maximum absolute atomic E-state index is 5.76. The van der Waals surface area contributed by atoms with Crippen LogP contribution >= 0.6 is 0 Å². The van der Waals surface area contributed by atoms with Crippen molar-refractivity contribution in [1.82, 2.24) is 15.0 Å². The number of hydrogen-bond donors (Lipinski definition) is 4. The van der Waals surface area contributed by atoms with E-state index in [1.165, 1.54) is 0 Å². The molecular weight excluding hydrogens is 388 g/mol. The molecular formula is C23H22N8. The van der Waals surface area contributed by atoms with Gasteiger partial charge in [-0.25, -0.2) is 5.43 Å². The van der Waals surface area contributed by atoms with E-state index in [9.17, 15) is 0 Å². The van der Waals surface area contributed by atoms with Gasteiger partial charge in [0.05, 0.1) is 5.71 Å². The molecule has 1 aromatic heterocycles. The average molecular weight is 410 g/mol. The maximum Gasteiger partial charge on any atom is 0.250 e. The van der Waals surface area contributed by atoms with Gasteiger partial charge in [0.2, 0.25) is 17.8 Å². The zero-order chi connectivity index (χ0) is 21.5. The summed E-state index contributed by atoms with van der Waals surface area (Å²) in [6, 6.07) is 26.9. The third-order valence-corrected chi connectivity index (χ3v) is 4.35. The molecule has 0 bridgehead atoms. The molecule has 0 amide bonds. The molecule has 0 unspecified atom stereocenters. The van der Waals surface area contributed by atoms with Crippen molar-refractivity contribution >= 4 is 40.6 Å². The number of para-hydroxylation sites is 2. The molecule has 0 spiro atoms. The number of benzene rings is 3. The van der Waals surface area contributed by atoms with Gasteiger partial charge in [-0.05, 0) is 48.9 Å². The molecule has 0 saturated carbocycles. The highest BCUT2D eigenvalue weighted by atomic mass is 15.4. The summed E-state index contributed by atoms with van der Waals surface area (Å²) in [4.78, 5) is 13.3. The van der Waals surface area contributed by atoms with Gasteiger partial charge in [-0.1, -0.05) is 48.5 Å². The van der Waals surface area contributed by atoms with Crippen molar-refractivity contribution in [1.29, 1.82) is 0 Å². The number of nitrogens with two attached hydrogens (primary N) is 1. The second-order valence-corrected chi connectivity index (χ2v) is 6.72. The zero-order valence-electron chi connectivity index (χ0n) is 16.9. The second kappa shape index (κ2) is 9.36. The predicted molar refractivity (Wildman–Crippen MR) is 126 cm³/mol. The number of anilines is 6. The Morgan fingerprint density at radius 2 is 1.16 bits per heavy atom. The van der Waals surface area contributed by atoms with Crippen LogP contribution in [-0.2, 0) is 0 Å². The summed E-state index contributed by atoms with van der Waals surface area (Å²) in [5, 5.41) is 10.8. The first-order valence-corrected chi connectivity index (χ1v) is 9.72. The van der Waals surface area contributed by atoms with E-state index < -0.39 is 0 Å². The Balaban J connectivity index is 1.60.